The van der Waals surface area contributed by atoms with E-state index in [2.05, 4.69) is 47.8 Å². The van der Waals surface area contributed by atoms with Gasteiger partial charge in [-0.1, -0.05) is 37.5 Å². The molecule has 0 atom stereocenters. The normalized spacial score (nSPS) is 20.0. The molecule has 2 aliphatic rings. The lowest BCUT2D eigenvalue weighted by atomic mass is 9.92. The summed E-state index contributed by atoms with van der Waals surface area (Å²) in [6, 6.07) is 9.66. The number of likely N-dealkylation sites (tertiary alicyclic amines) is 1. The number of nitrogens with zero attached hydrogens (tertiary/aromatic N) is 4. The zero-order valence-corrected chi connectivity index (χ0v) is 17.4. The van der Waals surface area contributed by atoms with Gasteiger partial charge < -0.3 is 15.5 Å². The average Bonchev–Trinajstić information content (AvgIpc) is 3.33. The second-order valence-corrected chi connectivity index (χ2v) is 8.21. The van der Waals surface area contributed by atoms with Gasteiger partial charge in [-0.2, -0.15) is 5.10 Å². The highest BCUT2D eigenvalue weighted by Crippen LogP contribution is 2.25. The number of aromatic amines is 1. The fraction of sp³-hybridized carbons (Fsp3) is 0.591. The highest BCUT2D eigenvalue weighted by atomic mass is 15.2. The van der Waals surface area contributed by atoms with Gasteiger partial charge in [0.25, 0.3) is 0 Å². The molecular formula is C22H33N7. The molecule has 0 bridgehead atoms. The van der Waals surface area contributed by atoms with Crippen molar-refractivity contribution in [2.45, 2.75) is 63.6 Å². The molecule has 1 saturated carbocycles. The number of hydrogen-bond acceptors (Lipinski definition) is 4. The van der Waals surface area contributed by atoms with Gasteiger partial charge in [0.15, 0.2) is 11.8 Å². The Morgan fingerprint density at radius 2 is 2.00 bits per heavy atom. The summed E-state index contributed by atoms with van der Waals surface area (Å²) in [5.74, 6) is 1.67. The number of benzene rings is 1. The average molecular weight is 396 g/mol. The summed E-state index contributed by atoms with van der Waals surface area (Å²) >= 11 is 0. The Morgan fingerprint density at radius 1 is 1.17 bits per heavy atom. The largest absolute Gasteiger partial charge is 0.354 e. The second-order valence-electron chi connectivity index (χ2n) is 8.21. The van der Waals surface area contributed by atoms with Crippen molar-refractivity contribution >= 4 is 5.96 Å². The molecule has 3 N–H and O–H groups in total. The monoisotopic (exact) mass is 395 g/mol. The van der Waals surface area contributed by atoms with Gasteiger partial charge >= 0.3 is 0 Å². The quantitative estimate of drug-likeness (QED) is 0.536. The highest BCUT2D eigenvalue weighted by molar-refractivity contribution is 5.80. The molecule has 4 rings (SSSR count). The van der Waals surface area contributed by atoms with Gasteiger partial charge in [-0.15, -0.1) is 0 Å². The molecule has 0 unspecified atom stereocenters. The lowest BCUT2D eigenvalue weighted by Crippen LogP contribution is -2.50. The minimum Gasteiger partial charge on any atom is -0.354 e. The summed E-state index contributed by atoms with van der Waals surface area (Å²) in [7, 11) is 1.84. The smallest absolute Gasteiger partial charge is 0.191 e. The minimum atomic E-state index is 0.501. The lowest BCUT2D eigenvalue weighted by Gasteiger charge is -2.39. The van der Waals surface area contributed by atoms with Crippen LogP contribution in [-0.2, 0) is 6.54 Å². The van der Waals surface area contributed by atoms with Gasteiger partial charge in [-0.25, -0.2) is 4.98 Å². The standard InChI is InChI=1S/C22H33N7/c1-23-22(24-15-17-6-5-7-18(14-17)21-25-16-26-28-21)27-19-10-12-29(13-11-19)20-8-3-2-4-9-20/h5-7,14,16,19-20H,2-4,8-13,15H2,1H3,(H2,23,24,27)(H,25,26,28). The molecule has 29 heavy (non-hydrogen) atoms. The molecule has 2 heterocycles. The van der Waals surface area contributed by atoms with Crippen LogP contribution in [0.4, 0.5) is 0 Å². The second kappa shape index (κ2) is 9.87. The Balaban J connectivity index is 1.25. The van der Waals surface area contributed by atoms with E-state index in [1.54, 1.807) is 0 Å². The molecular weight excluding hydrogens is 362 g/mol. The summed E-state index contributed by atoms with van der Waals surface area (Å²) in [6.45, 7) is 3.14. The van der Waals surface area contributed by atoms with Crippen LogP contribution in [0.5, 0.6) is 0 Å². The van der Waals surface area contributed by atoms with E-state index in [1.165, 1.54) is 69.9 Å². The highest BCUT2D eigenvalue weighted by Gasteiger charge is 2.26. The molecule has 2 fully saturated rings. The predicted octanol–water partition coefficient (Wildman–Crippen LogP) is 2.93. The van der Waals surface area contributed by atoms with E-state index in [1.807, 2.05) is 19.2 Å². The van der Waals surface area contributed by atoms with Crippen LogP contribution in [0.2, 0.25) is 0 Å². The summed E-state index contributed by atoms with van der Waals surface area (Å²) in [5.41, 5.74) is 2.23. The third-order valence-corrected chi connectivity index (χ3v) is 6.26. The van der Waals surface area contributed by atoms with Gasteiger partial charge in [0.1, 0.15) is 6.33 Å². The van der Waals surface area contributed by atoms with Crippen molar-refractivity contribution in [2.24, 2.45) is 4.99 Å². The van der Waals surface area contributed by atoms with Gasteiger partial charge in [-0.3, -0.25) is 10.1 Å². The molecule has 0 radical (unpaired) electrons. The molecule has 1 aromatic carbocycles. The first-order valence-electron chi connectivity index (χ1n) is 11.0. The molecule has 1 saturated heterocycles. The van der Waals surface area contributed by atoms with E-state index in [0.29, 0.717) is 6.04 Å². The maximum atomic E-state index is 4.43. The number of hydrogen-bond donors (Lipinski definition) is 3. The summed E-state index contributed by atoms with van der Waals surface area (Å²) < 4.78 is 0. The first-order valence-corrected chi connectivity index (χ1v) is 11.0. The van der Waals surface area contributed by atoms with Gasteiger partial charge in [-0.05, 0) is 37.3 Å². The maximum Gasteiger partial charge on any atom is 0.191 e. The molecule has 2 aromatic rings. The van der Waals surface area contributed by atoms with Crippen LogP contribution in [0, 0.1) is 0 Å². The third kappa shape index (κ3) is 5.35. The van der Waals surface area contributed by atoms with Crippen molar-refractivity contribution in [3.63, 3.8) is 0 Å². The summed E-state index contributed by atoms with van der Waals surface area (Å²) in [5, 5.41) is 13.9. The van der Waals surface area contributed by atoms with Crippen LogP contribution >= 0.6 is 0 Å². The van der Waals surface area contributed by atoms with E-state index >= 15 is 0 Å². The van der Waals surface area contributed by atoms with Crippen molar-refractivity contribution in [3.05, 3.63) is 36.2 Å². The molecule has 1 aliphatic carbocycles. The van der Waals surface area contributed by atoms with Crippen molar-refractivity contribution in [3.8, 4) is 11.4 Å². The first kappa shape index (κ1) is 19.9. The molecule has 7 nitrogen and oxygen atoms in total. The number of guanidine groups is 1. The Hall–Kier alpha value is -2.41. The zero-order chi connectivity index (χ0) is 19.9. The Morgan fingerprint density at radius 3 is 2.72 bits per heavy atom. The van der Waals surface area contributed by atoms with E-state index < -0.39 is 0 Å². The van der Waals surface area contributed by atoms with Crippen LogP contribution in [0.1, 0.15) is 50.5 Å². The Labute approximate surface area is 173 Å². The Bertz CT molecular complexity index is 772. The maximum absolute atomic E-state index is 4.43. The van der Waals surface area contributed by atoms with Crippen LogP contribution in [0.3, 0.4) is 0 Å². The van der Waals surface area contributed by atoms with Crippen LogP contribution in [0.15, 0.2) is 35.6 Å². The fourth-order valence-corrected chi connectivity index (χ4v) is 4.60. The third-order valence-electron chi connectivity index (χ3n) is 6.26. The van der Waals surface area contributed by atoms with Crippen molar-refractivity contribution in [2.75, 3.05) is 20.1 Å². The van der Waals surface area contributed by atoms with Gasteiger partial charge in [0, 0.05) is 44.3 Å². The molecule has 0 spiro atoms. The molecule has 156 valence electrons. The van der Waals surface area contributed by atoms with E-state index in [0.717, 1.165) is 29.9 Å². The Kier molecular flexibility index (Phi) is 6.77. The molecule has 1 aromatic heterocycles. The van der Waals surface area contributed by atoms with Crippen molar-refractivity contribution in [1.29, 1.82) is 0 Å². The van der Waals surface area contributed by atoms with E-state index in [9.17, 15) is 0 Å². The summed E-state index contributed by atoms with van der Waals surface area (Å²) in [6.07, 6.45) is 11.0. The van der Waals surface area contributed by atoms with E-state index in [4.69, 9.17) is 0 Å². The SMILES string of the molecule is CN=C(NCc1cccc(-c2ncn[nH]2)c1)NC1CCN(C2CCCCC2)CC1. The minimum absolute atomic E-state index is 0.501. The predicted molar refractivity (Wildman–Crippen MR) is 117 cm³/mol. The molecule has 1 aliphatic heterocycles. The van der Waals surface area contributed by atoms with E-state index in [-0.39, 0.29) is 0 Å². The van der Waals surface area contributed by atoms with Crippen LogP contribution < -0.4 is 10.6 Å². The van der Waals surface area contributed by atoms with Crippen LogP contribution in [-0.4, -0.2) is 58.3 Å². The lowest BCUT2D eigenvalue weighted by molar-refractivity contribution is 0.119. The number of rotatable bonds is 5. The molecule has 7 heteroatoms. The zero-order valence-electron chi connectivity index (χ0n) is 17.4. The number of aliphatic imine (C=N–C) groups is 1. The van der Waals surface area contributed by atoms with Crippen molar-refractivity contribution < 1.29 is 0 Å². The summed E-state index contributed by atoms with van der Waals surface area (Å²) in [4.78, 5) is 11.4. The number of H-pyrrole nitrogens is 1. The van der Waals surface area contributed by atoms with Crippen molar-refractivity contribution in [1.82, 2.24) is 30.7 Å². The molecule has 0 amide bonds. The number of piperidine rings is 1. The van der Waals surface area contributed by atoms with Gasteiger partial charge in [0.2, 0.25) is 0 Å². The van der Waals surface area contributed by atoms with Crippen LogP contribution in [0.25, 0.3) is 11.4 Å². The fourth-order valence-electron chi connectivity index (χ4n) is 4.60. The topological polar surface area (TPSA) is 81.2 Å². The van der Waals surface area contributed by atoms with Gasteiger partial charge in [0.05, 0.1) is 0 Å². The first-order chi connectivity index (χ1) is 14.3. The number of nitrogens with one attached hydrogen (secondary N) is 3. The number of aromatic nitrogens is 3.